The van der Waals surface area contributed by atoms with Gasteiger partial charge in [0.1, 0.15) is 0 Å². The molecule has 1 heterocycles. The Bertz CT molecular complexity index is 285. The van der Waals surface area contributed by atoms with Crippen molar-refractivity contribution in [3.8, 4) is 0 Å². The highest BCUT2D eigenvalue weighted by atomic mass is 16.5. The molecule has 0 spiro atoms. The lowest BCUT2D eigenvalue weighted by Crippen LogP contribution is -2.57. The number of hydrogen-bond donors (Lipinski definition) is 3. The van der Waals surface area contributed by atoms with Crippen LogP contribution in [0, 0.1) is 5.92 Å². The number of rotatable bonds is 4. The molecule has 1 aliphatic rings. The van der Waals surface area contributed by atoms with Crippen molar-refractivity contribution in [3.05, 3.63) is 0 Å². The van der Waals surface area contributed by atoms with Gasteiger partial charge in [-0.2, -0.15) is 0 Å². The maximum atomic E-state index is 11.7. The molecule has 0 saturated carbocycles. The van der Waals surface area contributed by atoms with Crippen LogP contribution in [0.3, 0.4) is 0 Å². The number of nitrogens with two attached hydrogens (primary N) is 1. The van der Waals surface area contributed by atoms with Gasteiger partial charge in [-0.3, -0.25) is 4.79 Å². The number of carbonyl (C=O) groups excluding carboxylic acids is 1. The third-order valence-electron chi connectivity index (χ3n) is 3.00. The molecular weight excluding hydrogens is 212 g/mol. The van der Waals surface area contributed by atoms with E-state index in [1.807, 2.05) is 0 Å². The van der Waals surface area contributed by atoms with Gasteiger partial charge in [0, 0.05) is 25.0 Å². The fourth-order valence-corrected chi connectivity index (χ4v) is 1.47. The highest BCUT2D eigenvalue weighted by Crippen LogP contribution is 2.19. The first-order valence-electron chi connectivity index (χ1n) is 5.28. The van der Waals surface area contributed by atoms with Gasteiger partial charge in [0.2, 0.25) is 5.91 Å². The first kappa shape index (κ1) is 12.9. The van der Waals surface area contributed by atoms with E-state index in [2.05, 4.69) is 5.32 Å². The molecule has 0 aromatic carbocycles. The Hall–Kier alpha value is -1.14. The van der Waals surface area contributed by atoms with E-state index in [1.54, 1.807) is 13.8 Å². The van der Waals surface area contributed by atoms with Crippen molar-refractivity contribution in [3.63, 3.8) is 0 Å². The Morgan fingerprint density at radius 3 is 2.50 bits per heavy atom. The van der Waals surface area contributed by atoms with Crippen LogP contribution < -0.4 is 11.1 Å². The van der Waals surface area contributed by atoms with Crippen molar-refractivity contribution >= 4 is 11.9 Å². The van der Waals surface area contributed by atoms with Gasteiger partial charge in [-0.05, 0) is 6.92 Å². The molecule has 6 nitrogen and oxygen atoms in total. The van der Waals surface area contributed by atoms with E-state index in [9.17, 15) is 9.59 Å². The molecule has 0 bridgehead atoms. The zero-order valence-electron chi connectivity index (χ0n) is 9.53. The quantitative estimate of drug-likeness (QED) is 0.594. The number of carbonyl (C=O) groups is 2. The fourth-order valence-electron chi connectivity index (χ4n) is 1.47. The molecular formula is C10H18N2O4. The summed E-state index contributed by atoms with van der Waals surface area (Å²) in [6, 6.07) is -0.312. The van der Waals surface area contributed by atoms with Crippen molar-refractivity contribution in [1.82, 2.24) is 5.32 Å². The van der Waals surface area contributed by atoms with Crippen LogP contribution in [0.5, 0.6) is 0 Å². The largest absolute Gasteiger partial charge is 0.479 e. The molecule has 92 valence electrons. The number of carboxylic acid groups (broad SMARTS) is 1. The molecule has 1 saturated heterocycles. The van der Waals surface area contributed by atoms with Crippen molar-refractivity contribution < 1.29 is 19.4 Å². The van der Waals surface area contributed by atoms with Gasteiger partial charge < -0.3 is 20.9 Å². The predicted octanol–water partition coefficient (Wildman–Crippen LogP) is -0.670. The summed E-state index contributed by atoms with van der Waals surface area (Å²) >= 11 is 0. The van der Waals surface area contributed by atoms with Crippen molar-refractivity contribution in [2.75, 3.05) is 13.2 Å². The Kier molecular flexibility index (Phi) is 3.88. The smallest absolute Gasteiger partial charge is 0.331 e. The van der Waals surface area contributed by atoms with Gasteiger partial charge >= 0.3 is 5.97 Å². The average molecular weight is 230 g/mol. The van der Waals surface area contributed by atoms with E-state index in [1.165, 1.54) is 0 Å². The molecule has 3 atom stereocenters. The Labute approximate surface area is 94.1 Å². The summed E-state index contributed by atoms with van der Waals surface area (Å²) in [5, 5.41) is 11.6. The minimum atomic E-state index is -1.28. The minimum Gasteiger partial charge on any atom is -0.479 e. The number of aliphatic carboxylic acids is 1. The molecule has 16 heavy (non-hydrogen) atoms. The highest BCUT2D eigenvalue weighted by molar-refractivity contribution is 5.88. The topological polar surface area (TPSA) is 102 Å². The monoisotopic (exact) mass is 230 g/mol. The minimum absolute atomic E-state index is 0.0136. The third-order valence-corrected chi connectivity index (χ3v) is 3.00. The van der Waals surface area contributed by atoms with Gasteiger partial charge in [0.15, 0.2) is 5.54 Å². The molecule has 1 amide bonds. The van der Waals surface area contributed by atoms with Crippen LogP contribution in [-0.4, -0.2) is 41.8 Å². The van der Waals surface area contributed by atoms with Crippen LogP contribution in [0.1, 0.15) is 20.3 Å². The van der Waals surface area contributed by atoms with Crippen molar-refractivity contribution in [2.24, 2.45) is 11.7 Å². The highest BCUT2D eigenvalue weighted by Gasteiger charge is 2.44. The first-order chi connectivity index (χ1) is 7.39. The number of hydrogen-bond acceptors (Lipinski definition) is 4. The second-order valence-electron chi connectivity index (χ2n) is 4.33. The van der Waals surface area contributed by atoms with Gasteiger partial charge in [-0.15, -0.1) is 0 Å². The van der Waals surface area contributed by atoms with Crippen LogP contribution in [0.15, 0.2) is 0 Å². The zero-order valence-corrected chi connectivity index (χ0v) is 9.53. The predicted molar refractivity (Wildman–Crippen MR) is 56.8 cm³/mol. The Balaban J connectivity index is 2.70. The summed E-state index contributed by atoms with van der Waals surface area (Å²) in [5.41, 5.74) is 4.31. The van der Waals surface area contributed by atoms with Crippen LogP contribution in [0.25, 0.3) is 0 Å². The number of amides is 1. The summed E-state index contributed by atoms with van der Waals surface area (Å²) in [7, 11) is 0. The molecule has 0 radical (unpaired) electrons. The van der Waals surface area contributed by atoms with Crippen LogP contribution in [0.4, 0.5) is 0 Å². The lowest BCUT2D eigenvalue weighted by Gasteiger charge is -2.26. The van der Waals surface area contributed by atoms with Crippen LogP contribution >= 0.6 is 0 Å². The summed E-state index contributed by atoms with van der Waals surface area (Å²) in [4.78, 5) is 22.9. The average Bonchev–Trinajstić information content (AvgIpc) is 2.66. The number of ether oxygens (including phenoxy) is 1. The molecule has 6 heteroatoms. The molecule has 1 rings (SSSR count). The van der Waals surface area contributed by atoms with Crippen LogP contribution in [0.2, 0.25) is 0 Å². The SMILES string of the molecule is CC(N)C(C)C(=O)NC1(C(=O)O)CCOC1. The summed E-state index contributed by atoms with van der Waals surface area (Å²) in [5.74, 6) is -1.82. The van der Waals surface area contributed by atoms with Gasteiger partial charge in [-0.1, -0.05) is 6.92 Å². The van der Waals surface area contributed by atoms with E-state index in [0.29, 0.717) is 13.0 Å². The molecule has 4 N–H and O–H groups in total. The molecule has 0 aromatic rings. The number of carboxylic acids is 1. The normalized spacial score (nSPS) is 28.4. The van der Waals surface area contributed by atoms with E-state index >= 15 is 0 Å². The molecule has 0 aliphatic carbocycles. The summed E-state index contributed by atoms with van der Waals surface area (Å²) in [6.07, 6.45) is 0.291. The maximum Gasteiger partial charge on any atom is 0.331 e. The van der Waals surface area contributed by atoms with E-state index in [-0.39, 0.29) is 18.6 Å². The maximum absolute atomic E-state index is 11.7. The summed E-state index contributed by atoms with van der Waals surface area (Å²) in [6.45, 7) is 3.74. The van der Waals surface area contributed by atoms with Gasteiger partial charge in [0.05, 0.1) is 6.61 Å². The van der Waals surface area contributed by atoms with Gasteiger partial charge in [-0.25, -0.2) is 4.79 Å². The Morgan fingerprint density at radius 2 is 2.12 bits per heavy atom. The fraction of sp³-hybridized carbons (Fsp3) is 0.800. The van der Waals surface area contributed by atoms with E-state index < -0.39 is 17.4 Å². The standard InChI is InChI=1S/C10H18N2O4/c1-6(7(2)11)8(13)12-10(9(14)15)3-4-16-5-10/h6-7H,3-5,11H2,1-2H3,(H,12,13)(H,14,15). The first-order valence-corrected chi connectivity index (χ1v) is 5.28. The van der Waals surface area contributed by atoms with Crippen LogP contribution in [-0.2, 0) is 14.3 Å². The molecule has 0 aromatic heterocycles. The van der Waals surface area contributed by atoms with E-state index in [0.717, 1.165) is 0 Å². The molecule has 1 fully saturated rings. The van der Waals surface area contributed by atoms with Crippen molar-refractivity contribution in [2.45, 2.75) is 31.8 Å². The van der Waals surface area contributed by atoms with Crippen molar-refractivity contribution in [1.29, 1.82) is 0 Å². The Morgan fingerprint density at radius 1 is 1.50 bits per heavy atom. The molecule has 3 unspecified atom stereocenters. The zero-order chi connectivity index (χ0) is 12.3. The van der Waals surface area contributed by atoms with E-state index in [4.69, 9.17) is 15.6 Å². The van der Waals surface area contributed by atoms with Gasteiger partial charge in [0.25, 0.3) is 0 Å². The summed E-state index contributed by atoms with van der Waals surface area (Å²) < 4.78 is 5.04. The lowest BCUT2D eigenvalue weighted by atomic mass is 9.96. The third kappa shape index (κ3) is 2.51. The second-order valence-corrected chi connectivity index (χ2v) is 4.33. The number of nitrogens with one attached hydrogen (secondary N) is 1. The lowest BCUT2D eigenvalue weighted by molar-refractivity contribution is -0.148. The molecule has 1 aliphatic heterocycles. The second kappa shape index (κ2) is 4.80.